The molecule has 22 heavy (non-hydrogen) atoms. The summed E-state index contributed by atoms with van der Waals surface area (Å²) in [7, 11) is -2.96. The molecule has 0 N–H and O–H groups in total. The van der Waals surface area contributed by atoms with Crippen LogP contribution in [0.5, 0.6) is 5.75 Å². The van der Waals surface area contributed by atoms with E-state index in [0.717, 1.165) is 0 Å². The minimum atomic E-state index is -2.96. The van der Waals surface area contributed by atoms with Crippen LogP contribution in [0.25, 0.3) is 0 Å². The molecule has 0 amide bonds. The Balaban J connectivity index is 1.63. The van der Waals surface area contributed by atoms with Gasteiger partial charge in [-0.2, -0.15) is 0 Å². The van der Waals surface area contributed by atoms with Crippen molar-refractivity contribution in [3.63, 3.8) is 0 Å². The topological polar surface area (TPSA) is 72.9 Å². The Morgan fingerprint density at radius 2 is 1.86 bits per heavy atom. The summed E-state index contributed by atoms with van der Waals surface area (Å²) in [5.41, 5.74) is 0. The fourth-order valence-corrected chi connectivity index (χ4v) is 3.28. The summed E-state index contributed by atoms with van der Waals surface area (Å²) in [5, 5.41) is 0. The zero-order chi connectivity index (χ0) is 16.0. The van der Waals surface area contributed by atoms with Gasteiger partial charge in [-0.15, -0.1) is 0 Å². The van der Waals surface area contributed by atoms with Crippen molar-refractivity contribution in [2.75, 3.05) is 44.4 Å². The number of ether oxygens (including phenoxy) is 2. The molecule has 0 atom stereocenters. The number of halogens is 1. The van der Waals surface area contributed by atoms with Gasteiger partial charge in [0.1, 0.15) is 13.2 Å². The fourth-order valence-electron chi connectivity index (χ4n) is 2.01. The number of sulfone groups is 1. The molecule has 1 aliphatic rings. The van der Waals surface area contributed by atoms with Crippen LogP contribution < -0.4 is 4.74 Å². The van der Waals surface area contributed by atoms with E-state index in [2.05, 4.69) is 0 Å². The molecule has 6 nitrogen and oxygen atoms in total. The monoisotopic (exact) mass is 331 g/mol. The standard InChI is InChI=1S/C14H18FNO5S/c15-12-3-1-2-4-13(12)20-7-8-21-14(17)11-16-5-9-22(18,19)10-6-16/h1-4H,5-11H2. The maximum atomic E-state index is 13.3. The summed E-state index contributed by atoms with van der Waals surface area (Å²) >= 11 is 0. The number of carbonyl (C=O) groups is 1. The zero-order valence-corrected chi connectivity index (χ0v) is 12.9. The van der Waals surface area contributed by atoms with Crippen molar-refractivity contribution >= 4 is 15.8 Å². The Morgan fingerprint density at radius 1 is 1.18 bits per heavy atom. The van der Waals surface area contributed by atoms with Crippen LogP contribution in [0.15, 0.2) is 24.3 Å². The predicted molar refractivity (Wildman–Crippen MR) is 77.9 cm³/mol. The molecule has 122 valence electrons. The van der Waals surface area contributed by atoms with Gasteiger partial charge in [0.05, 0.1) is 18.1 Å². The van der Waals surface area contributed by atoms with Gasteiger partial charge < -0.3 is 9.47 Å². The molecule has 0 unspecified atom stereocenters. The third-order valence-corrected chi connectivity index (χ3v) is 4.84. The van der Waals surface area contributed by atoms with Gasteiger partial charge in [-0.25, -0.2) is 12.8 Å². The van der Waals surface area contributed by atoms with Crippen LogP contribution in [0.4, 0.5) is 4.39 Å². The van der Waals surface area contributed by atoms with Crippen molar-refractivity contribution in [1.82, 2.24) is 4.90 Å². The SMILES string of the molecule is O=C(CN1CCS(=O)(=O)CC1)OCCOc1ccccc1F. The van der Waals surface area contributed by atoms with E-state index in [4.69, 9.17) is 9.47 Å². The van der Waals surface area contributed by atoms with E-state index >= 15 is 0 Å². The summed E-state index contributed by atoms with van der Waals surface area (Å²) in [6, 6.07) is 5.98. The molecular formula is C14H18FNO5S. The molecule has 1 aromatic rings. The van der Waals surface area contributed by atoms with Crippen LogP contribution in [0.2, 0.25) is 0 Å². The highest BCUT2D eigenvalue weighted by Gasteiger charge is 2.23. The fraction of sp³-hybridized carbons (Fsp3) is 0.500. The highest BCUT2D eigenvalue weighted by molar-refractivity contribution is 7.91. The van der Waals surface area contributed by atoms with Crippen LogP contribution in [-0.2, 0) is 19.4 Å². The average Bonchev–Trinajstić information content (AvgIpc) is 2.47. The highest BCUT2D eigenvalue weighted by Crippen LogP contribution is 2.14. The molecule has 1 aromatic carbocycles. The molecule has 1 aliphatic heterocycles. The first-order chi connectivity index (χ1) is 10.5. The molecule has 2 rings (SSSR count). The largest absolute Gasteiger partial charge is 0.487 e. The maximum Gasteiger partial charge on any atom is 0.320 e. The summed E-state index contributed by atoms with van der Waals surface area (Å²) in [4.78, 5) is 13.3. The molecular weight excluding hydrogens is 313 g/mol. The number of benzene rings is 1. The van der Waals surface area contributed by atoms with E-state index < -0.39 is 21.6 Å². The van der Waals surface area contributed by atoms with Crippen molar-refractivity contribution in [2.45, 2.75) is 0 Å². The number of nitrogens with zero attached hydrogens (tertiary/aromatic N) is 1. The second-order valence-corrected chi connectivity index (χ2v) is 7.23. The number of esters is 1. The molecule has 8 heteroatoms. The Labute approximate surface area is 128 Å². The quantitative estimate of drug-likeness (QED) is 0.558. The van der Waals surface area contributed by atoms with Crippen molar-refractivity contribution in [2.24, 2.45) is 0 Å². The van der Waals surface area contributed by atoms with E-state index in [-0.39, 0.29) is 37.0 Å². The van der Waals surface area contributed by atoms with E-state index in [1.54, 1.807) is 17.0 Å². The van der Waals surface area contributed by atoms with E-state index in [9.17, 15) is 17.6 Å². The third kappa shape index (κ3) is 5.27. The lowest BCUT2D eigenvalue weighted by Gasteiger charge is -2.25. The molecule has 1 heterocycles. The lowest BCUT2D eigenvalue weighted by Crippen LogP contribution is -2.43. The molecule has 1 saturated heterocycles. The Bertz CT molecular complexity index is 605. The van der Waals surface area contributed by atoms with Gasteiger partial charge >= 0.3 is 5.97 Å². The van der Waals surface area contributed by atoms with Crippen molar-refractivity contribution < 1.29 is 27.1 Å². The molecule has 0 saturated carbocycles. The average molecular weight is 331 g/mol. The van der Waals surface area contributed by atoms with E-state index in [0.29, 0.717) is 13.1 Å². The summed E-state index contributed by atoms with van der Waals surface area (Å²) in [5.74, 6) is -0.674. The number of hydrogen-bond acceptors (Lipinski definition) is 6. The number of rotatable bonds is 6. The molecule has 0 bridgehead atoms. The van der Waals surface area contributed by atoms with Crippen molar-refractivity contribution in [3.05, 3.63) is 30.1 Å². The first-order valence-corrected chi connectivity index (χ1v) is 8.74. The van der Waals surface area contributed by atoms with Gasteiger partial charge in [-0.3, -0.25) is 9.69 Å². The minimum absolute atomic E-state index is 0.0132. The zero-order valence-electron chi connectivity index (χ0n) is 12.0. The predicted octanol–water partition coefficient (Wildman–Crippen LogP) is 0.478. The van der Waals surface area contributed by atoms with Crippen LogP contribution in [0.1, 0.15) is 0 Å². The van der Waals surface area contributed by atoms with Gasteiger partial charge in [0.15, 0.2) is 21.4 Å². The van der Waals surface area contributed by atoms with Gasteiger partial charge in [-0.1, -0.05) is 12.1 Å². The molecule has 0 radical (unpaired) electrons. The lowest BCUT2D eigenvalue weighted by molar-refractivity contribution is -0.145. The Hall–Kier alpha value is -1.67. The highest BCUT2D eigenvalue weighted by atomic mass is 32.2. The van der Waals surface area contributed by atoms with Crippen LogP contribution in [0, 0.1) is 5.82 Å². The number of hydrogen-bond donors (Lipinski definition) is 0. The molecule has 0 aliphatic carbocycles. The summed E-state index contributed by atoms with van der Waals surface area (Å²) in [6.45, 7) is 0.794. The van der Waals surface area contributed by atoms with E-state index in [1.807, 2.05) is 0 Å². The first-order valence-electron chi connectivity index (χ1n) is 6.92. The maximum absolute atomic E-state index is 13.3. The van der Waals surface area contributed by atoms with Crippen LogP contribution in [-0.4, -0.2) is 63.6 Å². The second-order valence-electron chi connectivity index (χ2n) is 4.93. The number of carbonyl (C=O) groups excluding carboxylic acids is 1. The first kappa shape index (κ1) is 16.7. The van der Waals surface area contributed by atoms with Gasteiger partial charge in [0.2, 0.25) is 0 Å². The van der Waals surface area contributed by atoms with Gasteiger partial charge in [0.25, 0.3) is 0 Å². The summed E-state index contributed by atoms with van der Waals surface area (Å²) < 4.78 is 45.9. The third-order valence-electron chi connectivity index (χ3n) is 3.23. The molecule has 0 spiro atoms. The lowest BCUT2D eigenvalue weighted by atomic mass is 10.3. The van der Waals surface area contributed by atoms with Crippen molar-refractivity contribution in [3.8, 4) is 5.75 Å². The molecule has 0 aromatic heterocycles. The summed E-state index contributed by atoms with van der Waals surface area (Å²) in [6.07, 6.45) is 0. The van der Waals surface area contributed by atoms with Crippen molar-refractivity contribution in [1.29, 1.82) is 0 Å². The number of para-hydroxylation sites is 1. The van der Waals surface area contributed by atoms with Gasteiger partial charge in [-0.05, 0) is 12.1 Å². The second kappa shape index (κ2) is 7.55. The molecule has 1 fully saturated rings. The van der Waals surface area contributed by atoms with Crippen LogP contribution in [0.3, 0.4) is 0 Å². The normalized spacial score (nSPS) is 17.9. The Kier molecular flexibility index (Phi) is 5.73. The minimum Gasteiger partial charge on any atom is -0.487 e. The van der Waals surface area contributed by atoms with Gasteiger partial charge in [0, 0.05) is 13.1 Å². The van der Waals surface area contributed by atoms with Crippen LogP contribution >= 0.6 is 0 Å². The Morgan fingerprint density at radius 3 is 2.55 bits per heavy atom. The van der Waals surface area contributed by atoms with E-state index in [1.165, 1.54) is 12.1 Å². The smallest absolute Gasteiger partial charge is 0.320 e.